The lowest BCUT2D eigenvalue weighted by Gasteiger charge is -2.24. The first-order valence-corrected chi connectivity index (χ1v) is 12.4. The van der Waals surface area contributed by atoms with Gasteiger partial charge in [0.2, 0.25) is 0 Å². The fraction of sp³-hybridized carbons (Fsp3) is 0.308. The van der Waals surface area contributed by atoms with Crippen molar-refractivity contribution in [3.8, 4) is 11.5 Å². The predicted octanol–water partition coefficient (Wildman–Crippen LogP) is 6.29. The fourth-order valence-electron chi connectivity index (χ4n) is 4.37. The number of alkyl halides is 3. The number of halogens is 4. The summed E-state index contributed by atoms with van der Waals surface area (Å²) in [4.78, 5) is 26.5. The summed E-state index contributed by atoms with van der Waals surface area (Å²) in [6, 6.07) is 10.0. The van der Waals surface area contributed by atoms with E-state index in [0.29, 0.717) is 5.39 Å². The van der Waals surface area contributed by atoms with Crippen molar-refractivity contribution in [2.75, 3.05) is 24.7 Å². The van der Waals surface area contributed by atoms with Gasteiger partial charge in [0.05, 0.1) is 30.9 Å². The number of hydrogen-bond acceptors (Lipinski definition) is 7. The van der Waals surface area contributed by atoms with Gasteiger partial charge in [-0.25, -0.2) is 4.39 Å². The standard InChI is InChI=1S/C26H23F4NO6S/c1-3-35-19(32)12-14-9-10-18(17(27)11-14)31-24(33)20-21(25(31)38-34)23(36-4-2)16-8-6-5-7-15(16)22(20)37-13-26(28,29)30/h5-11,25,34H,3-4,12-13H2,1-2H3. The number of hydrogen-bond donors (Lipinski definition) is 1. The average Bonchev–Trinajstić information content (AvgIpc) is 3.15. The number of fused-ring (bicyclic) bond motifs is 2. The number of nitrogens with zero attached hydrogens (tertiary/aromatic N) is 1. The third-order valence-corrected chi connectivity index (χ3v) is 6.41. The van der Waals surface area contributed by atoms with Crippen LogP contribution in [0.3, 0.4) is 0 Å². The van der Waals surface area contributed by atoms with Gasteiger partial charge in [-0.1, -0.05) is 30.3 Å². The van der Waals surface area contributed by atoms with Crippen LogP contribution in [0.4, 0.5) is 23.2 Å². The van der Waals surface area contributed by atoms with Crippen molar-refractivity contribution < 1.29 is 45.9 Å². The molecule has 1 heterocycles. The fourth-order valence-corrected chi connectivity index (χ4v) is 5.01. The van der Waals surface area contributed by atoms with E-state index in [0.717, 1.165) is 11.0 Å². The Bertz CT molecular complexity index is 1380. The maximum atomic E-state index is 15.3. The van der Waals surface area contributed by atoms with Gasteiger partial charge in [0.25, 0.3) is 5.91 Å². The number of carbonyl (C=O) groups is 2. The van der Waals surface area contributed by atoms with E-state index in [1.807, 2.05) is 0 Å². The second kappa shape index (κ2) is 11.1. The van der Waals surface area contributed by atoms with Crippen LogP contribution in [0, 0.1) is 5.82 Å². The first kappa shape index (κ1) is 27.5. The SMILES string of the molecule is CCOC(=O)Cc1ccc(N2C(=O)c3c(c(OCC)c4ccccc4c3OCC(F)(F)F)C2SO)c(F)c1. The zero-order valence-corrected chi connectivity index (χ0v) is 21.1. The number of anilines is 1. The molecule has 3 aromatic rings. The van der Waals surface area contributed by atoms with Crippen molar-refractivity contribution in [3.05, 3.63) is 65.0 Å². The zero-order chi connectivity index (χ0) is 27.6. The van der Waals surface area contributed by atoms with Crippen molar-refractivity contribution in [1.82, 2.24) is 0 Å². The zero-order valence-electron chi connectivity index (χ0n) is 20.3. The molecule has 1 amide bonds. The molecular formula is C26H23F4NO6S. The van der Waals surface area contributed by atoms with Gasteiger partial charge in [-0.3, -0.25) is 14.5 Å². The van der Waals surface area contributed by atoms with E-state index in [2.05, 4.69) is 0 Å². The summed E-state index contributed by atoms with van der Waals surface area (Å²) in [5.74, 6) is -2.51. The van der Waals surface area contributed by atoms with E-state index >= 15 is 4.39 Å². The van der Waals surface area contributed by atoms with Gasteiger partial charge in [-0.2, -0.15) is 13.2 Å². The molecule has 12 heteroatoms. The minimum absolute atomic E-state index is 0.0650. The van der Waals surface area contributed by atoms with Gasteiger partial charge >= 0.3 is 12.1 Å². The lowest BCUT2D eigenvalue weighted by atomic mass is 9.99. The van der Waals surface area contributed by atoms with Crippen LogP contribution in [-0.4, -0.2) is 42.4 Å². The summed E-state index contributed by atoms with van der Waals surface area (Å²) >= 11 is 0.199. The predicted molar refractivity (Wildman–Crippen MR) is 133 cm³/mol. The summed E-state index contributed by atoms with van der Waals surface area (Å²) in [6.07, 6.45) is -4.90. The largest absolute Gasteiger partial charge is 0.493 e. The summed E-state index contributed by atoms with van der Waals surface area (Å²) in [5.41, 5.74) is -0.163. The van der Waals surface area contributed by atoms with Crippen LogP contribution in [0.15, 0.2) is 42.5 Å². The number of esters is 1. The van der Waals surface area contributed by atoms with E-state index in [1.54, 1.807) is 32.0 Å². The van der Waals surface area contributed by atoms with Crippen LogP contribution in [0.25, 0.3) is 10.8 Å². The molecule has 1 atom stereocenters. The Morgan fingerprint density at radius 3 is 2.32 bits per heavy atom. The van der Waals surface area contributed by atoms with Gasteiger partial charge < -0.3 is 18.8 Å². The Kier molecular flexibility index (Phi) is 8.02. The highest BCUT2D eigenvalue weighted by Gasteiger charge is 2.46. The smallest absolute Gasteiger partial charge is 0.422 e. The molecule has 0 aromatic heterocycles. The maximum Gasteiger partial charge on any atom is 0.422 e. The number of rotatable bonds is 9. The van der Waals surface area contributed by atoms with Crippen LogP contribution in [0.1, 0.15) is 40.7 Å². The molecule has 0 aliphatic carbocycles. The molecule has 3 aromatic carbocycles. The summed E-state index contributed by atoms with van der Waals surface area (Å²) in [7, 11) is 0. The second-order valence-electron chi connectivity index (χ2n) is 8.23. The molecule has 1 N–H and O–H groups in total. The van der Waals surface area contributed by atoms with Crippen molar-refractivity contribution in [3.63, 3.8) is 0 Å². The molecule has 0 saturated carbocycles. The number of amides is 1. The molecule has 0 radical (unpaired) electrons. The molecule has 38 heavy (non-hydrogen) atoms. The molecule has 1 aliphatic heterocycles. The van der Waals surface area contributed by atoms with Gasteiger partial charge in [0.1, 0.15) is 22.7 Å². The molecule has 0 bridgehead atoms. The highest BCUT2D eigenvalue weighted by atomic mass is 32.2. The van der Waals surface area contributed by atoms with Crippen LogP contribution in [0.2, 0.25) is 0 Å². The highest BCUT2D eigenvalue weighted by Crippen LogP contribution is 2.54. The van der Waals surface area contributed by atoms with Crippen molar-refractivity contribution in [2.45, 2.75) is 31.8 Å². The second-order valence-corrected chi connectivity index (χ2v) is 8.89. The average molecular weight is 554 g/mol. The van der Waals surface area contributed by atoms with E-state index < -0.39 is 35.9 Å². The Morgan fingerprint density at radius 1 is 1.05 bits per heavy atom. The van der Waals surface area contributed by atoms with Crippen LogP contribution in [-0.2, 0) is 16.0 Å². The summed E-state index contributed by atoms with van der Waals surface area (Å²) in [6.45, 7) is 1.96. The number of benzene rings is 3. The Morgan fingerprint density at radius 2 is 1.74 bits per heavy atom. The molecule has 0 fully saturated rings. The number of ether oxygens (including phenoxy) is 3. The molecule has 7 nitrogen and oxygen atoms in total. The maximum absolute atomic E-state index is 15.3. The van der Waals surface area contributed by atoms with Crippen LogP contribution < -0.4 is 14.4 Å². The topological polar surface area (TPSA) is 85.3 Å². The Labute approximate surface area is 219 Å². The van der Waals surface area contributed by atoms with Crippen molar-refractivity contribution in [1.29, 1.82) is 0 Å². The van der Waals surface area contributed by atoms with E-state index in [1.165, 1.54) is 18.2 Å². The van der Waals surface area contributed by atoms with Gasteiger partial charge in [-0.05, 0) is 31.5 Å². The van der Waals surface area contributed by atoms with E-state index in [-0.39, 0.29) is 70.9 Å². The highest BCUT2D eigenvalue weighted by molar-refractivity contribution is 7.94. The first-order chi connectivity index (χ1) is 18.1. The third-order valence-electron chi connectivity index (χ3n) is 5.77. The van der Waals surface area contributed by atoms with Gasteiger partial charge in [0, 0.05) is 28.4 Å². The quantitative estimate of drug-likeness (QED) is 0.189. The van der Waals surface area contributed by atoms with E-state index in [4.69, 9.17) is 14.2 Å². The lowest BCUT2D eigenvalue weighted by Crippen LogP contribution is -2.27. The molecule has 4 rings (SSSR count). The Hall–Kier alpha value is -3.51. The van der Waals surface area contributed by atoms with Crippen molar-refractivity contribution >= 4 is 40.4 Å². The monoisotopic (exact) mass is 553 g/mol. The van der Waals surface area contributed by atoms with Gasteiger partial charge in [0.15, 0.2) is 6.61 Å². The van der Waals surface area contributed by atoms with E-state index in [9.17, 15) is 27.3 Å². The Balaban J connectivity index is 1.88. The molecule has 1 unspecified atom stereocenters. The third kappa shape index (κ3) is 5.23. The molecule has 0 saturated heterocycles. The minimum atomic E-state index is -4.69. The molecular weight excluding hydrogens is 530 g/mol. The van der Waals surface area contributed by atoms with Crippen LogP contribution in [0.5, 0.6) is 11.5 Å². The first-order valence-electron chi connectivity index (χ1n) is 11.6. The summed E-state index contributed by atoms with van der Waals surface area (Å²) < 4.78 is 80.8. The summed E-state index contributed by atoms with van der Waals surface area (Å²) in [5, 5.41) is -0.701. The molecule has 202 valence electrons. The lowest BCUT2D eigenvalue weighted by molar-refractivity contribution is -0.153. The van der Waals surface area contributed by atoms with Gasteiger partial charge in [-0.15, -0.1) is 0 Å². The molecule has 1 aliphatic rings. The normalized spacial score (nSPS) is 15.1. The molecule has 0 spiro atoms. The van der Waals surface area contributed by atoms with Crippen molar-refractivity contribution in [2.24, 2.45) is 0 Å². The number of carbonyl (C=O) groups excluding carboxylic acids is 2. The minimum Gasteiger partial charge on any atom is -0.493 e. The van der Waals surface area contributed by atoms with Crippen LogP contribution >= 0.6 is 12.0 Å².